The predicted molar refractivity (Wildman–Crippen MR) is 104 cm³/mol. The monoisotopic (exact) mass is 396 g/mol. The Balaban J connectivity index is 1.60. The highest BCUT2D eigenvalue weighted by molar-refractivity contribution is 7.12. The molecule has 1 aromatic carbocycles. The molecule has 142 valence electrons. The molecule has 2 amide bonds. The molecule has 0 fully saturated rings. The number of aromatic nitrogens is 2. The van der Waals surface area contributed by atoms with E-state index in [2.05, 4.69) is 20.6 Å². The maximum Gasteiger partial charge on any atom is 0.338 e. The minimum absolute atomic E-state index is 0.119. The fourth-order valence-electron chi connectivity index (χ4n) is 2.18. The molecule has 0 radical (unpaired) electrons. The maximum absolute atomic E-state index is 12.3. The quantitative estimate of drug-likeness (QED) is 0.620. The number of carbonyl (C=O) groups is 3. The molecule has 3 rings (SSSR count). The van der Waals surface area contributed by atoms with Crippen molar-refractivity contribution in [2.45, 2.75) is 13.0 Å². The summed E-state index contributed by atoms with van der Waals surface area (Å²) >= 11 is 1.31. The van der Waals surface area contributed by atoms with Gasteiger partial charge in [-0.05, 0) is 42.6 Å². The standard InChI is InChI=1S/C19H16N4O4S/c1-12(16(24)23-19-20-8-4-9-21-19)27-18(26)13-5-2-6-14(11-13)22-17(25)15-7-3-10-28-15/h2-12H,1H3,(H,22,25)(H,20,21,23,24). The molecule has 0 aliphatic heterocycles. The van der Waals surface area contributed by atoms with Crippen LogP contribution in [-0.2, 0) is 9.53 Å². The highest BCUT2D eigenvalue weighted by Crippen LogP contribution is 2.16. The van der Waals surface area contributed by atoms with Gasteiger partial charge in [0.05, 0.1) is 10.4 Å². The average molecular weight is 396 g/mol. The van der Waals surface area contributed by atoms with Gasteiger partial charge in [0.1, 0.15) is 0 Å². The molecule has 1 unspecified atom stereocenters. The van der Waals surface area contributed by atoms with Gasteiger partial charge in [-0.25, -0.2) is 14.8 Å². The predicted octanol–water partition coefficient (Wildman–Crippen LogP) is 2.97. The first-order valence-corrected chi connectivity index (χ1v) is 9.14. The summed E-state index contributed by atoms with van der Waals surface area (Å²) in [6.07, 6.45) is 1.91. The van der Waals surface area contributed by atoms with E-state index >= 15 is 0 Å². The fraction of sp³-hybridized carbons (Fsp3) is 0.105. The number of nitrogens with one attached hydrogen (secondary N) is 2. The Labute approximate surface area is 164 Å². The summed E-state index contributed by atoms with van der Waals surface area (Å²) in [6, 6.07) is 11.4. The van der Waals surface area contributed by atoms with Crippen LogP contribution < -0.4 is 10.6 Å². The molecule has 2 aromatic heterocycles. The van der Waals surface area contributed by atoms with E-state index in [1.54, 1.807) is 35.7 Å². The number of nitrogens with zero attached hydrogens (tertiary/aromatic N) is 2. The van der Waals surface area contributed by atoms with E-state index in [4.69, 9.17) is 4.74 Å². The second-order valence-corrected chi connectivity index (χ2v) is 6.57. The van der Waals surface area contributed by atoms with Gasteiger partial charge in [-0.15, -0.1) is 11.3 Å². The molecule has 0 aliphatic rings. The molecule has 9 heteroatoms. The van der Waals surface area contributed by atoms with Crippen LogP contribution in [0.2, 0.25) is 0 Å². The van der Waals surface area contributed by atoms with Crippen LogP contribution in [0, 0.1) is 0 Å². The first-order chi connectivity index (χ1) is 13.5. The second-order valence-electron chi connectivity index (χ2n) is 5.62. The number of amides is 2. The number of benzene rings is 1. The molecule has 28 heavy (non-hydrogen) atoms. The SMILES string of the molecule is CC(OC(=O)c1cccc(NC(=O)c2cccs2)c1)C(=O)Nc1ncccn1. The minimum atomic E-state index is -1.05. The summed E-state index contributed by atoms with van der Waals surface area (Å²) in [5, 5.41) is 6.97. The van der Waals surface area contributed by atoms with Gasteiger partial charge < -0.3 is 10.1 Å². The molecule has 2 N–H and O–H groups in total. The highest BCUT2D eigenvalue weighted by Gasteiger charge is 2.20. The fourth-order valence-corrected chi connectivity index (χ4v) is 2.80. The van der Waals surface area contributed by atoms with Gasteiger partial charge in [0, 0.05) is 18.1 Å². The Kier molecular flexibility index (Phi) is 6.07. The summed E-state index contributed by atoms with van der Waals surface area (Å²) in [6.45, 7) is 1.44. The van der Waals surface area contributed by atoms with Crippen LogP contribution in [0.25, 0.3) is 0 Å². The third-order valence-corrected chi connectivity index (χ3v) is 4.42. The number of esters is 1. The molecule has 0 aliphatic carbocycles. The van der Waals surface area contributed by atoms with Crippen molar-refractivity contribution in [2.75, 3.05) is 10.6 Å². The Bertz CT molecular complexity index is 977. The van der Waals surface area contributed by atoms with Gasteiger partial charge in [0.25, 0.3) is 11.8 Å². The van der Waals surface area contributed by atoms with E-state index in [0.717, 1.165) is 0 Å². The smallest absolute Gasteiger partial charge is 0.338 e. The number of carbonyl (C=O) groups excluding carboxylic acids is 3. The zero-order chi connectivity index (χ0) is 19.9. The Hall–Kier alpha value is -3.59. The number of hydrogen-bond donors (Lipinski definition) is 2. The van der Waals surface area contributed by atoms with Crippen LogP contribution in [0.15, 0.2) is 60.2 Å². The molecule has 0 bridgehead atoms. The lowest BCUT2D eigenvalue weighted by Gasteiger charge is -2.13. The van der Waals surface area contributed by atoms with Crippen molar-refractivity contribution in [2.24, 2.45) is 0 Å². The molecule has 0 saturated carbocycles. The molecule has 8 nitrogen and oxygen atoms in total. The number of anilines is 2. The van der Waals surface area contributed by atoms with E-state index in [1.807, 2.05) is 0 Å². The zero-order valence-electron chi connectivity index (χ0n) is 14.8. The van der Waals surface area contributed by atoms with Crippen molar-refractivity contribution < 1.29 is 19.1 Å². The highest BCUT2D eigenvalue weighted by atomic mass is 32.1. The van der Waals surface area contributed by atoms with Crippen molar-refractivity contribution in [1.29, 1.82) is 0 Å². The molecule has 2 heterocycles. The second kappa shape index (κ2) is 8.87. The number of rotatable bonds is 6. The van der Waals surface area contributed by atoms with Gasteiger partial charge in [0.15, 0.2) is 6.10 Å². The van der Waals surface area contributed by atoms with Gasteiger partial charge in [-0.3, -0.25) is 14.9 Å². The van der Waals surface area contributed by atoms with Crippen molar-refractivity contribution in [1.82, 2.24) is 9.97 Å². The molecular formula is C19H16N4O4S. The van der Waals surface area contributed by atoms with Crippen LogP contribution in [0.4, 0.5) is 11.6 Å². The van der Waals surface area contributed by atoms with Crippen LogP contribution in [0.3, 0.4) is 0 Å². The lowest BCUT2D eigenvalue weighted by molar-refractivity contribution is -0.123. The van der Waals surface area contributed by atoms with Crippen molar-refractivity contribution >= 4 is 40.8 Å². The van der Waals surface area contributed by atoms with Crippen LogP contribution >= 0.6 is 11.3 Å². The van der Waals surface area contributed by atoms with Crippen molar-refractivity contribution in [3.05, 3.63) is 70.7 Å². The third kappa shape index (κ3) is 4.98. The summed E-state index contributed by atoms with van der Waals surface area (Å²) in [4.78, 5) is 44.9. The largest absolute Gasteiger partial charge is 0.449 e. The molecule has 0 spiro atoms. The summed E-state index contributed by atoms with van der Waals surface area (Å²) < 4.78 is 5.19. The minimum Gasteiger partial charge on any atom is -0.449 e. The third-order valence-electron chi connectivity index (χ3n) is 3.55. The molecule has 3 aromatic rings. The number of hydrogen-bond acceptors (Lipinski definition) is 7. The van der Waals surface area contributed by atoms with E-state index in [-0.39, 0.29) is 17.4 Å². The number of thiophene rings is 1. The summed E-state index contributed by atoms with van der Waals surface area (Å²) in [7, 11) is 0. The maximum atomic E-state index is 12.3. The van der Waals surface area contributed by atoms with Crippen LogP contribution in [0.1, 0.15) is 27.0 Å². The lowest BCUT2D eigenvalue weighted by atomic mass is 10.2. The van der Waals surface area contributed by atoms with Crippen LogP contribution in [0.5, 0.6) is 0 Å². The van der Waals surface area contributed by atoms with Crippen LogP contribution in [-0.4, -0.2) is 33.9 Å². The average Bonchev–Trinajstić information content (AvgIpc) is 3.24. The Morgan fingerprint density at radius 3 is 2.54 bits per heavy atom. The number of ether oxygens (including phenoxy) is 1. The van der Waals surface area contributed by atoms with E-state index in [0.29, 0.717) is 10.6 Å². The Morgan fingerprint density at radius 2 is 1.82 bits per heavy atom. The normalized spacial score (nSPS) is 11.3. The molecule has 1 atom stereocenters. The molecule has 0 saturated heterocycles. The Morgan fingerprint density at radius 1 is 1.04 bits per heavy atom. The summed E-state index contributed by atoms with van der Waals surface area (Å²) in [5.74, 6) is -1.39. The molecular weight excluding hydrogens is 380 g/mol. The lowest BCUT2D eigenvalue weighted by Crippen LogP contribution is -2.30. The van der Waals surface area contributed by atoms with Crippen molar-refractivity contribution in [3.8, 4) is 0 Å². The zero-order valence-corrected chi connectivity index (χ0v) is 15.6. The topological polar surface area (TPSA) is 110 Å². The van der Waals surface area contributed by atoms with E-state index in [9.17, 15) is 14.4 Å². The van der Waals surface area contributed by atoms with E-state index in [1.165, 1.54) is 42.8 Å². The first-order valence-electron chi connectivity index (χ1n) is 8.27. The van der Waals surface area contributed by atoms with Gasteiger partial charge in [-0.1, -0.05) is 12.1 Å². The first kappa shape index (κ1) is 19.2. The van der Waals surface area contributed by atoms with Crippen molar-refractivity contribution in [3.63, 3.8) is 0 Å². The van der Waals surface area contributed by atoms with E-state index < -0.39 is 18.0 Å². The summed E-state index contributed by atoms with van der Waals surface area (Å²) in [5.41, 5.74) is 0.655. The van der Waals surface area contributed by atoms with Gasteiger partial charge in [0.2, 0.25) is 5.95 Å². The van der Waals surface area contributed by atoms with Gasteiger partial charge in [-0.2, -0.15) is 0 Å². The van der Waals surface area contributed by atoms with Gasteiger partial charge >= 0.3 is 5.97 Å².